The second-order valence-corrected chi connectivity index (χ2v) is 5.22. The molecule has 0 unspecified atom stereocenters. The lowest BCUT2D eigenvalue weighted by Crippen LogP contribution is -2.13. The first-order valence-corrected chi connectivity index (χ1v) is 6.78. The number of ether oxygens (including phenoxy) is 1. The highest BCUT2D eigenvalue weighted by Crippen LogP contribution is 2.25. The van der Waals surface area contributed by atoms with Crippen LogP contribution < -0.4 is 10.1 Å². The zero-order valence-electron chi connectivity index (χ0n) is 10.4. The molecule has 0 aliphatic rings. The molecular formula is C14H10BrClFNO2. The number of amides is 1. The summed E-state index contributed by atoms with van der Waals surface area (Å²) in [5, 5.41) is 3.08. The lowest BCUT2D eigenvalue weighted by atomic mass is 10.2. The largest absolute Gasteiger partial charge is 0.496 e. The van der Waals surface area contributed by atoms with Crippen LogP contribution in [0.5, 0.6) is 5.75 Å². The minimum atomic E-state index is -0.400. The topological polar surface area (TPSA) is 38.3 Å². The molecule has 0 atom stereocenters. The summed E-state index contributed by atoms with van der Waals surface area (Å²) in [4.78, 5) is 12.2. The number of nitrogens with one attached hydrogen (secondary N) is 1. The van der Waals surface area contributed by atoms with E-state index < -0.39 is 5.82 Å². The normalized spacial score (nSPS) is 10.2. The molecule has 1 amide bonds. The Balaban J connectivity index is 2.27. The fourth-order valence-corrected chi connectivity index (χ4v) is 2.18. The molecule has 0 saturated carbocycles. The highest BCUT2D eigenvalue weighted by Gasteiger charge is 2.13. The van der Waals surface area contributed by atoms with Crippen molar-refractivity contribution in [3.8, 4) is 5.75 Å². The van der Waals surface area contributed by atoms with Crippen LogP contribution in [0, 0.1) is 5.82 Å². The van der Waals surface area contributed by atoms with E-state index in [0.717, 1.165) is 0 Å². The molecule has 0 saturated heterocycles. The molecular weight excluding hydrogens is 349 g/mol. The highest BCUT2D eigenvalue weighted by atomic mass is 79.9. The first kappa shape index (κ1) is 14.8. The quantitative estimate of drug-likeness (QED) is 0.877. The fourth-order valence-electron chi connectivity index (χ4n) is 1.63. The van der Waals surface area contributed by atoms with Gasteiger partial charge in [0.1, 0.15) is 11.6 Å². The van der Waals surface area contributed by atoms with Gasteiger partial charge in [0.15, 0.2) is 0 Å². The SMILES string of the molecule is COc1ccc(Cl)cc1C(=O)Nc1ccc(F)c(Br)c1. The van der Waals surface area contributed by atoms with Crippen LogP contribution in [-0.4, -0.2) is 13.0 Å². The van der Waals surface area contributed by atoms with Crippen LogP contribution in [0.4, 0.5) is 10.1 Å². The average molecular weight is 359 g/mol. The summed E-state index contributed by atoms with van der Waals surface area (Å²) in [6.45, 7) is 0. The third-order valence-electron chi connectivity index (χ3n) is 2.58. The molecule has 0 heterocycles. The molecule has 2 aromatic rings. The highest BCUT2D eigenvalue weighted by molar-refractivity contribution is 9.10. The summed E-state index contributed by atoms with van der Waals surface area (Å²) >= 11 is 8.93. The number of methoxy groups -OCH3 is 1. The van der Waals surface area contributed by atoms with Gasteiger partial charge in [0, 0.05) is 10.7 Å². The van der Waals surface area contributed by atoms with Gasteiger partial charge in [-0.05, 0) is 52.3 Å². The van der Waals surface area contributed by atoms with Crippen LogP contribution in [0.2, 0.25) is 5.02 Å². The van der Waals surface area contributed by atoms with E-state index in [-0.39, 0.29) is 10.4 Å². The Labute approximate surface area is 128 Å². The maximum atomic E-state index is 13.1. The van der Waals surface area contributed by atoms with Crippen LogP contribution >= 0.6 is 27.5 Å². The predicted molar refractivity (Wildman–Crippen MR) is 80.1 cm³/mol. The summed E-state index contributed by atoms with van der Waals surface area (Å²) in [6, 6.07) is 8.95. The van der Waals surface area contributed by atoms with Gasteiger partial charge in [-0.1, -0.05) is 11.6 Å². The van der Waals surface area contributed by atoms with Crippen LogP contribution in [0.15, 0.2) is 40.9 Å². The number of halogens is 3. The maximum absolute atomic E-state index is 13.1. The van der Waals surface area contributed by atoms with Crippen LogP contribution in [0.3, 0.4) is 0 Å². The molecule has 0 spiro atoms. The van der Waals surface area contributed by atoms with Crippen molar-refractivity contribution >= 4 is 39.1 Å². The Morgan fingerprint density at radius 3 is 2.70 bits per heavy atom. The van der Waals surface area contributed by atoms with E-state index in [2.05, 4.69) is 21.2 Å². The predicted octanol–water partition coefficient (Wildman–Crippen LogP) is 4.50. The van der Waals surface area contributed by atoms with Crippen molar-refractivity contribution in [2.45, 2.75) is 0 Å². The Hall–Kier alpha value is -1.59. The van der Waals surface area contributed by atoms with E-state index in [0.29, 0.717) is 22.0 Å². The zero-order valence-corrected chi connectivity index (χ0v) is 12.8. The van der Waals surface area contributed by atoms with E-state index in [4.69, 9.17) is 16.3 Å². The van der Waals surface area contributed by atoms with Gasteiger partial charge < -0.3 is 10.1 Å². The summed E-state index contributed by atoms with van der Waals surface area (Å²) in [6.07, 6.45) is 0. The number of carbonyl (C=O) groups excluding carboxylic acids is 1. The second-order valence-electron chi connectivity index (χ2n) is 3.93. The first-order chi connectivity index (χ1) is 9.51. The van der Waals surface area contributed by atoms with Crippen molar-refractivity contribution in [2.75, 3.05) is 12.4 Å². The number of hydrogen-bond donors (Lipinski definition) is 1. The molecule has 2 rings (SSSR count). The molecule has 0 aliphatic carbocycles. The molecule has 20 heavy (non-hydrogen) atoms. The van der Waals surface area contributed by atoms with E-state index in [1.54, 1.807) is 12.1 Å². The number of benzene rings is 2. The maximum Gasteiger partial charge on any atom is 0.259 e. The van der Waals surface area contributed by atoms with E-state index in [9.17, 15) is 9.18 Å². The average Bonchev–Trinajstić information content (AvgIpc) is 2.43. The minimum absolute atomic E-state index is 0.272. The van der Waals surface area contributed by atoms with Gasteiger partial charge in [-0.2, -0.15) is 0 Å². The van der Waals surface area contributed by atoms with Gasteiger partial charge in [-0.15, -0.1) is 0 Å². The molecule has 0 bridgehead atoms. The minimum Gasteiger partial charge on any atom is -0.496 e. The Kier molecular flexibility index (Phi) is 4.62. The molecule has 104 valence electrons. The molecule has 6 heteroatoms. The summed E-state index contributed by atoms with van der Waals surface area (Å²) in [5.74, 6) is -0.376. The summed E-state index contributed by atoms with van der Waals surface area (Å²) in [5.41, 5.74) is 0.769. The van der Waals surface area contributed by atoms with Gasteiger partial charge >= 0.3 is 0 Å². The van der Waals surface area contributed by atoms with Crippen molar-refractivity contribution in [2.24, 2.45) is 0 Å². The standard InChI is InChI=1S/C14H10BrClFNO2/c1-20-13-5-2-8(16)6-10(13)14(19)18-9-3-4-12(17)11(15)7-9/h2-7H,1H3,(H,18,19). The molecule has 0 radical (unpaired) electrons. The monoisotopic (exact) mass is 357 g/mol. The lowest BCUT2D eigenvalue weighted by molar-refractivity contribution is 0.102. The Bertz CT molecular complexity index is 664. The van der Waals surface area contributed by atoms with Gasteiger partial charge in [-0.25, -0.2) is 4.39 Å². The molecule has 0 aliphatic heterocycles. The molecule has 3 nitrogen and oxygen atoms in total. The summed E-state index contributed by atoms with van der Waals surface area (Å²) in [7, 11) is 1.47. The van der Waals surface area contributed by atoms with E-state index >= 15 is 0 Å². The number of anilines is 1. The third kappa shape index (κ3) is 3.29. The zero-order chi connectivity index (χ0) is 14.7. The molecule has 2 aromatic carbocycles. The van der Waals surface area contributed by atoms with Gasteiger partial charge in [-0.3, -0.25) is 4.79 Å². The van der Waals surface area contributed by atoms with E-state index in [1.165, 1.54) is 31.4 Å². The lowest BCUT2D eigenvalue weighted by Gasteiger charge is -2.10. The van der Waals surface area contributed by atoms with Crippen LogP contribution in [0.1, 0.15) is 10.4 Å². The number of rotatable bonds is 3. The third-order valence-corrected chi connectivity index (χ3v) is 3.43. The van der Waals surface area contributed by atoms with Crippen molar-refractivity contribution in [3.63, 3.8) is 0 Å². The summed E-state index contributed by atoms with van der Waals surface area (Å²) < 4.78 is 18.5. The van der Waals surface area contributed by atoms with Crippen molar-refractivity contribution in [3.05, 3.63) is 57.3 Å². The Morgan fingerprint density at radius 2 is 2.05 bits per heavy atom. The van der Waals surface area contributed by atoms with E-state index in [1.807, 2.05) is 0 Å². The van der Waals surface area contributed by atoms with Gasteiger partial charge in [0.25, 0.3) is 5.91 Å². The molecule has 1 N–H and O–H groups in total. The molecule has 0 aromatic heterocycles. The first-order valence-electron chi connectivity index (χ1n) is 5.61. The molecule has 0 fully saturated rings. The van der Waals surface area contributed by atoms with Gasteiger partial charge in [0.05, 0.1) is 17.1 Å². The Morgan fingerprint density at radius 1 is 1.30 bits per heavy atom. The number of carbonyl (C=O) groups is 1. The van der Waals surface area contributed by atoms with Crippen LogP contribution in [0.25, 0.3) is 0 Å². The van der Waals surface area contributed by atoms with Crippen molar-refractivity contribution < 1.29 is 13.9 Å². The number of hydrogen-bond acceptors (Lipinski definition) is 2. The van der Waals surface area contributed by atoms with Crippen molar-refractivity contribution in [1.82, 2.24) is 0 Å². The fraction of sp³-hybridized carbons (Fsp3) is 0.0714. The van der Waals surface area contributed by atoms with Crippen LogP contribution in [-0.2, 0) is 0 Å². The smallest absolute Gasteiger partial charge is 0.259 e. The van der Waals surface area contributed by atoms with Crippen molar-refractivity contribution in [1.29, 1.82) is 0 Å². The van der Waals surface area contributed by atoms with Gasteiger partial charge in [0.2, 0.25) is 0 Å². The second kappa shape index (κ2) is 6.24.